The summed E-state index contributed by atoms with van der Waals surface area (Å²) in [5.41, 5.74) is -0.140. The van der Waals surface area contributed by atoms with Crippen LogP contribution in [0.25, 0.3) is 0 Å². The molecule has 0 unspecified atom stereocenters. The third-order valence-corrected chi connectivity index (χ3v) is 3.69. The van der Waals surface area contributed by atoms with E-state index in [2.05, 4.69) is 5.32 Å². The van der Waals surface area contributed by atoms with Crippen molar-refractivity contribution in [1.29, 1.82) is 0 Å². The molecule has 1 aliphatic rings. The van der Waals surface area contributed by atoms with Gasteiger partial charge < -0.3 is 10.4 Å². The highest BCUT2D eigenvalue weighted by molar-refractivity contribution is 5.67. The number of carbonyl (C=O) groups is 1. The molecule has 1 fully saturated rings. The largest absolute Gasteiger partial charge is 0.481 e. The molecule has 1 aliphatic carbocycles. The highest BCUT2D eigenvalue weighted by Crippen LogP contribution is 2.26. The molecule has 0 aromatic rings. The molecule has 3 heteroatoms. The lowest BCUT2D eigenvalue weighted by atomic mass is 9.86. The van der Waals surface area contributed by atoms with Gasteiger partial charge in [-0.05, 0) is 24.3 Å². The Labute approximate surface area is 105 Å². The van der Waals surface area contributed by atoms with Gasteiger partial charge in [-0.25, -0.2) is 0 Å². The molecule has 100 valence electrons. The maximum Gasteiger partial charge on any atom is 0.303 e. The Morgan fingerprint density at radius 1 is 1.29 bits per heavy atom. The number of hydrogen-bond donors (Lipinski definition) is 2. The average Bonchev–Trinajstić information content (AvgIpc) is 2.24. The van der Waals surface area contributed by atoms with E-state index in [-0.39, 0.29) is 11.8 Å². The minimum atomic E-state index is -0.705. The zero-order valence-corrected chi connectivity index (χ0v) is 11.3. The van der Waals surface area contributed by atoms with Crippen molar-refractivity contribution in [1.82, 2.24) is 5.32 Å². The zero-order chi connectivity index (χ0) is 12.7. The second kappa shape index (κ2) is 7.00. The van der Waals surface area contributed by atoms with Crippen LogP contribution >= 0.6 is 0 Å². The van der Waals surface area contributed by atoms with Crippen molar-refractivity contribution in [2.24, 2.45) is 11.3 Å². The second-order valence-corrected chi connectivity index (χ2v) is 6.20. The third kappa shape index (κ3) is 6.67. The van der Waals surface area contributed by atoms with Gasteiger partial charge in [0.2, 0.25) is 0 Å². The quantitative estimate of drug-likeness (QED) is 0.674. The van der Waals surface area contributed by atoms with Gasteiger partial charge in [0.05, 0.1) is 6.42 Å². The van der Waals surface area contributed by atoms with E-state index >= 15 is 0 Å². The molecular formula is C14H27NO2. The summed E-state index contributed by atoms with van der Waals surface area (Å²) in [6.45, 7) is 5.85. The summed E-state index contributed by atoms with van der Waals surface area (Å²) in [5, 5.41) is 12.2. The van der Waals surface area contributed by atoms with E-state index in [1.807, 2.05) is 13.8 Å². The zero-order valence-electron chi connectivity index (χ0n) is 11.3. The molecule has 3 nitrogen and oxygen atoms in total. The molecular weight excluding hydrogens is 214 g/mol. The van der Waals surface area contributed by atoms with E-state index < -0.39 is 5.97 Å². The number of rotatable bonds is 7. The fourth-order valence-corrected chi connectivity index (χ4v) is 2.68. The Morgan fingerprint density at radius 3 is 2.53 bits per heavy atom. The number of hydrogen-bond acceptors (Lipinski definition) is 2. The first-order valence-electron chi connectivity index (χ1n) is 6.92. The van der Waals surface area contributed by atoms with Crippen molar-refractivity contribution in [3.63, 3.8) is 0 Å². The van der Waals surface area contributed by atoms with Crippen LogP contribution in [0.5, 0.6) is 0 Å². The van der Waals surface area contributed by atoms with E-state index in [0.717, 1.165) is 19.0 Å². The van der Waals surface area contributed by atoms with Crippen molar-refractivity contribution in [2.45, 2.75) is 58.8 Å². The maximum atomic E-state index is 10.7. The highest BCUT2D eigenvalue weighted by Gasteiger charge is 2.21. The number of carboxylic acid groups (broad SMARTS) is 1. The standard InChI is InChI=1S/C14H27NO2/c1-14(2,10-13(16)17)11-15-9-8-12-6-4-3-5-7-12/h12,15H,3-11H2,1-2H3,(H,16,17). The van der Waals surface area contributed by atoms with Crippen LogP contribution in [0.4, 0.5) is 0 Å². The van der Waals surface area contributed by atoms with E-state index in [1.165, 1.54) is 38.5 Å². The fraction of sp³-hybridized carbons (Fsp3) is 0.929. The molecule has 0 heterocycles. The van der Waals surface area contributed by atoms with Gasteiger partial charge in [0, 0.05) is 6.54 Å². The van der Waals surface area contributed by atoms with Gasteiger partial charge in [-0.3, -0.25) is 4.79 Å². The molecule has 0 bridgehead atoms. The highest BCUT2D eigenvalue weighted by atomic mass is 16.4. The number of aliphatic carboxylic acids is 1. The smallest absolute Gasteiger partial charge is 0.303 e. The van der Waals surface area contributed by atoms with Gasteiger partial charge in [0.25, 0.3) is 0 Å². The van der Waals surface area contributed by atoms with E-state index in [9.17, 15) is 4.79 Å². The predicted octanol–water partition coefficient (Wildman–Crippen LogP) is 3.05. The first kappa shape index (κ1) is 14.5. The van der Waals surface area contributed by atoms with Gasteiger partial charge in [0.15, 0.2) is 0 Å². The Morgan fingerprint density at radius 2 is 1.94 bits per heavy atom. The van der Waals surface area contributed by atoms with Crippen LogP contribution in [0.3, 0.4) is 0 Å². The van der Waals surface area contributed by atoms with E-state index in [1.54, 1.807) is 0 Å². The van der Waals surface area contributed by atoms with Gasteiger partial charge >= 0.3 is 5.97 Å². The Bertz CT molecular complexity index is 232. The van der Waals surface area contributed by atoms with Gasteiger partial charge in [-0.15, -0.1) is 0 Å². The lowest BCUT2D eigenvalue weighted by Crippen LogP contribution is -2.32. The predicted molar refractivity (Wildman–Crippen MR) is 70.1 cm³/mol. The first-order chi connectivity index (χ1) is 7.99. The molecule has 0 aliphatic heterocycles. The van der Waals surface area contributed by atoms with Crippen molar-refractivity contribution in [2.75, 3.05) is 13.1 Å². The Hall–Kier alpha value is -0.570. The second-order valence-electron chi connectivity index (χ2n) is 6.20. The van der Waals surface area contributed by atoms with Gasteiger partial charge in [-0.1, -0.05) is 46.0 Å². The lowest BCUT2D eigenvalue weighted by molar-refractivity contribution is -0.139. The van der Waals surface area contributed by atoms with E-state index in [0.29, 0.717) is 0 Å². The van der Waals surface area contributed by atoms with E-state index in [4.69, 9.17) is 5.11 Å². The molecule has 2 N–H and O–H groups in total. The minimum Gasteiger partial charge on any atom is -0.481 e. The van der Waals surface area contributed by atoms with Crippen molar-refractivity contribution < 1.29 is 9.90 Å². The summed E-state index contributed by atoms with van der Waals surface area (Å²) in [5.74, 6) is 0.197. The summed E-state index contributed by atoms with van der Waals surface area (Å²) < 4.78 is 0. The molecule has 0 spiro atoms. The monoisotopic (exact) mass is 241 g/mol. The van der Waals surface area contributed by atoms with Gasteiger partial charge in [0.1, 0.15) is 0 Å². The summed E-state index contributed by atoms with van der Waals surface area (Å²) in [6, 6.07) is 0. The average molecular weight is 241 g/mol. The number of carboxylic acids is 1. The summed E-state index contributed by atoms with van der Waals surface area (Å²) in [4.78, 5) is 10.7. The normalized spacial score (nSPS) is 18.2. The maximum absolute atomic E-state index is 10.7. The SMILES string of the molecule is CC(C)(CNCCC1CCCCC1)CC(=O)O. The molecule has 0 amide bonds. The van der Waals surface area contributed by atoms with Crippen molar-refractivity contribution in [3.8, 4) is 0 Å². The minimum absolute atomic E-state index is 0.140. The van der Waals surface area contributed by atoms with Crippen LogP contribution in [-0.2, 0) is 4.79 Å². The van der Waals surface area contributed by atoms with Crippen LogP contribution in [-0.4, -0.2) is 24.2 Å². The van der Waals surface area contributed by atoms with Crippen LogP contribution in [0.1, 0.15) is 58.8 Å². The Balaban J connectivity index is 2.08. The van der Waals surface area contributed by atoms with Crippen LogP contribution in [0.15, 0.2) is 0 Å². The molecule has 1 saturated carbocycles. The van der Waals surface area contributed by atoms with Crippen LogP contribution in [0, 0.1) is 11.3 Å². The lowest BCUT2D eigenvalue weighted by Gasteiger charge is -2.25. The molecule has 0 atom stereocenters. The van der Waals surface area contributed by atoms with Crippen LogP contribution in [0.2, 0.25) is 0 Å². The van der Waals surface area contributed by atoms with Crippen molar-refractivity contribution >= 4 is 5.97 Å². The fourth-order valence-electron chi connectivity index (χ4n) is 2.68. The molecule has 1 rings (SSSR count). The topological polar surface area (TPSA) is 49.3 Å². The van der Waals surface area contributed by atoms with Crippen LogP contribution < -0.4 is 5.32 Å². The molecule has 17 heavy (non-hydrogen) atoms. The molecule has 0 aromatic carbocycles. The molecule has 0 aromatic heterocycles. The summed E-state index contributed by atoms with van der Waals surface area (Å²) in [6.07, 6.45) is 8.48. The molecule has 0 saturated heterocycles. The van der Waals surface area contributed by atoms with Crippen molar-refractivity contribution in [3.05, 3.63) is 0 Å². The van der Waals surface area contributed by atoms with Gasteiger partial charge in [-0.2, -0.15) is 0 Å². The first-order valence-corrected chi connectivity index (χ1v) is 6.92. The Kier molecular flexibility index (Phi) is 5.96. The summed E-state index contributed by atoms with van der Waals surface area (Å²) in [7, 11) is 0. The molecule has 0 radical (unpaired) electrons. The third-order valence-electron chi connectivity index (χ3n) is 3.69. The number of nitrogens with one attached hydrogen (secondary N) is 1. The summed E-state index contributed by atoms with van der Waals surface area (Å²) >= 11 is 0.